The molecule has 3 rings (SSSR count). The molecule has 0 spiro atoms. The number of nitrogens with zero attached hydrogens (tertiary/aromatic N) is 1. The largest absolute Gasteiger partial charge is 0.349 e. The molecule has 0 aromatic heterocycles. The van der Waals surface area contributed by atoms with E-state index in [2.05, 4.69) is 15.5 Å². The number of benzene rings is 2. The number of halogens is 3. The van der Waals surface area contributed by atoms with Gasteiger partial charge in [-0.2, -0.15) is 0 Å². The van der Waals surface area contributed by atoms with Crippen molar-refractivity contribution in [3.63, 3.8) is 0 Å². The summed E-state index contributed by atoms with van der Waals surface area (Å²) in [5, 5.41) is 6.43. The Morgan fingerprint density at radius 2 is 1.32 bits per heavy atom. The predicted molar refractivity (Wildman–Crippen MR) is 133 cm³/mol. The van der Waals surface area contributed by atoms with Crippen LogP contribution in [0.5, 0.6) is 0 Å². The maximum atomic E-state index is 13.4. The van der Waals surface area contributed by atoms with Gasteiger partial charge in [0.05, 0.1) is 5.92 Å². The van der Waals surface area contributed by atoms with E-state index in [1.807, 2.05) is 60.7 Å². The van der Waals surface area contributed by atoms with Crippen molar-refractivity contribution < 1.29 is 4.79 Å². The first-order chi connectivity index (χ1) is 14.9. The quantitative estimate of drug-likeness (QED) is 0.330. The zero-order valence-electron chi connectivity index (χ0n) is 17.1. The number of carbonyl (C=O) groups excluding carboxylic acids is 1. The summed E-state index contributed by atoms with van der Waals surface area (Å²) >= 11 is 24.3. The highest BCUT2D eigenvalue weighted by Gasteiger charge is 2.37. The van der Waals surface area contributed by atoms with Crippen LogP contribution in [0.3, 0.4) is 0 Å². The van der Waals surface area contributed by atoms with E-state index in [4.69, 9.17) is 47.0 Å². The third-order valence-corrected chi connectivity index (χ3v) is 6.33. The molecule has 0 unspecified atom stereocenters. The molecule has 1 amide bonds. The third kappa shape index (κ3) is 6.98. The van der Waals surface area contributed by atoms with Gasteiger partial charge < -0.3 is 15.5 Å². The molecule has 1 aliphatic rings. The summed E-state index contributed by atoms with van der Waals surface area (Å²) in [6.07, 6.45) is 3.52. The van der Waals surface area contributed by atoms with Gasteiger partial charge in [0.1, 0.15) is 6.17 Å². The number of hydrogen-bond acceptors (Lipinski definition) is 2. The normalized spacial score (nSPS) is 15.8. The lowest BCUT2D eigenvalue weighted by Gasteiger charge is -2.33. The molecule has 31 heavy (non-hydrogen) atoms. The number of rotatable bonds is 5. The highest BCUT2D eigenvalue weighted by atomic mass is 35.6. The van der Waals surface area contributed by atoms with Crippen molar-refractivity contribution in [1.82, 2.24) is 15.5 Å². The maximum Gasteiger partial charge on any atom is 0.233 e. The number of alkyl halides is 3. The van der Waals surface area contributed by atoms with Crippen molar-refractivity contribution in [3.8, 4) is 0 Å². The van der Waals surface area contributed by atoms with E-state index in [0.29, 0.717) is 5.11 Å². The summed E-state index contributed by atoms with van der Waals surface area (Å²) in [7, 11) is 0. The van der Waals surface area contributed by atoms with Crippen LogP contribution < -0.4 is 10.6 Å². The molecule has 0 saturated carbocycles. The number of likely N-dealkylation sites (tertiary alicyclic amines) is 1. The Morgan fingerprint density at radius 3 is 1.77 bits per heavy atom. The third-order valence-electron chi connectivity index (χ3n) is 5.30. The van der Waals surface area contributed by atoms with Crippen LogP contribution in [0.2, 0.25) is 0 Å². The maximum absolute atomic E-state index is 13.4. The number of thiocarbonyl (C=S) groups is 1. The van der Waals surface area contributed by atoms with Gasteiger partial charge in [0.25, 0.3) is 0 Å². The zero-order valence-corrected chi connectivity index (χ0v) is 20.2. The summed E-state index contributed by atoms with van der Waals surface area (Å²) in [4.78, 5) is 15.5. The Morgan fingerprint density at radius 1 is 0.839 bits per heavy atom. The first-order valence-corrected chi connectivity index (χ1v) is 11.9. The van der Waals surface area contributed by atoms with Crippen molar-refractivity contribution in [2.24, 2.45) is 0 Å². The van der Waals surface area contributed by atoms with Gasteiger partial charge in [0, 0.05) is 13.1 Å². The molecule has 1 saturated heterocycles. The van der Waals surface area contributed by atoms with Crippen LogP contribution in [-0.2, 0) is 4.79 Å². The second-order valence-corrected chi connectivity index (χ2v) is 10.3. The van der Waals surface area contributed by atoms with Gasteiger partial charge in [-0.25, -0.2) is 0 Å². The summed E-state index contributed by atoms with van der Waals surface area (Å²) in [5.74, 6) is -0.828. The van der Waals surface area contributed by atoms with Crippen molar-refractivity contribution in [2.75, 3.05) is 13.1 Å². The van der Waals surface area contributed by atoms with Gasteiger partial charge in [-0.1, -0.05) is 108 Å². The van der Waals surface area contributed by atoms with Crippen LogP contribution in [0.1, 0.15) is 42.7 Å². The fraction of sp³-hybridized carbons (Fsp3) is 0.391. The van der Waals surface area contributed by atoms with Crippen molar-refractivity contribution >= 4 is 58.0 Å². The van der Waals surface area contributed by atoms with E-state index in [9.17, 15) is 4.79 Å². The van der Waals surface area contributed by atoms with E-state index < -0.39 is 15.9 Å². The molecule has 1 atom stereocenters. The number of hydrogen-bond donors (Lipinski definition) is 2. The van der Waals surface area contributed by atoms with Gasteiger partial charge >= 0.3 is 0 Å². The molecule has 2 N–H and O–H groups in total. The Bertz CT molecular complexity index is 814. The van der Waals surface area contributed by atoms with Crippen LogP contribution >= 0.6 is 47.0 Å². The monoisotopic (exact) mass is 497 g/mol. The number of carbonyl (C=O) groups is 1. The van der Waals surface area contributed by atoms with Crippen molar-refractivity contribution in [3.05, 3.63) is 71.8 Å². The van der Waals surface area contributed by atoms with Crippen LogP contribution in [0.25, 0.3) is 0 Å². The molecule has 1 aliphatic heterocycles. The highest BCUT2D eigenvalue weighted by Crippen LogP contribution is 2.31. The molecule has 0 radical (unpaired) electrons. The standard InChI is InChI=1S/C23H26Cl3N3OS/c24-23(25,26)21(28-22(31)29-15-9-1-2-10-16-29)27-20(30)19(17-11-5-3-6-12-17)18-13-7-4-8-14-18/h3-8,11-14,19,21H,1-2,9-10,15-16H2,(H,27,30)(H,28,31)/t21-/m0/s1. The molecule has 166 valence electrons. The van der Waals surface area contributed by atoms with Gasteiger partial charge in [-0.15, -0.1) is 0 Å². The molecule has 1 fully saturated rings. The lowest BCUT2D eigenvalue weighted by molar-refractivity contribution is -0.122. The average molecular weight is 499 g/mol. The van der Waals surface area contributed by atoms with Crippen molar-refractivity contribution in [1.29, 1.82) is 0 Å². The van der Waals surface area contributed by atoms with Gasteiger partial charge in [0.2, 0.25) is 9.70 Å². The Hall–Kier alpha value is -1.53. The first kappa shape index (κ1) is 24.1. The summed E-state index contributed by atoms with van der Waals surface area (Å²) in [6, 6.07) is 19.1. The van der Waals surface area contributed by atoms with E-state index in [1.54, 1.807) is 0 Å². The molecule has 2 aromatic carbocycles. The molecular weight excluding hydrogens is 473 g/mol. The average Bonchev–Trinajstić information content (AvgIpc) is 3.04. The molecule has 8 heteroatoms. The summed E-state index contributed by atoms with van der Waals surface area (Å²) in [5.41, 5.74) is 1.70. The SMILES string of the molecule is O=C(N[C@@H](NC(=S)N1CCCCCC1)C(Cl)(Cl)Cl)C(c1ccccc1)c1ccccc1. The molecule has 2 aromatic rings. The van der Waals surface area contributed by atoms with E-state index >= 15 is 0 Å². The van der Waals surface area contributed by atoms with Crippen LogP contribution in [-0.4, -0.2) is 39.0 Å². The second-order valence-electron chi connectivity index (χ2n) is 7.59. The van der Waals surface area contributed by atoms with Gasteiger partial charge in [0.15, 0.2) is 5.11 Å². The Balaban J connectivity index is 1.80. The van der Waals surface area contributed by atoms with Gasteiger partial charge in [-0.3, -0.25) is 4.79 Å². The molecule has 0 bridgehead atoms. The topological polar surface area (TPSA) is 44.4 Å². The minimum Gasteiger partial charge on any atom is -0.349 e. The highest BCUT2D eigenvalue weighted by molar-refractivity contribution is 7.80. The Kier molecular flexibility index (Phi) is 8.85. The molecule has 4 nitrogen and oxygen atoms in total. The summed E-state index contributed by atoms with van der Waals surface area (Å²) < 4.78 is -1.79. The smallest absolute Gasteiger partial charge is 0.233 e. The minimum absolute atomic E-state index is 0.278. The lowest BCUT2D eigenvalue weighted by atomic mass is 9.90. The Labute approximate surface area is 204 Å². The van der Waals surface area contributed by atoms with Crippen LogP contribution in [0, 0.1) is 0 Å². The second kappa shape index (κ2) is 11.4. The minimum atomic E-state index is -1.79. The zero-order chi connectivity index (χ0) is 22.3. The van der Waals surface area contributed by atoms with Gasteiger partial charge in [-0.05, 0) is 36.2 Å². The van der Waals surface area contributed by atoms with Crippen molar-refractivity contribution in [2.45, 2.75) is 41.6 Å². The van der Waals surface area contributed by atoms with Crippen LogP contribution in [0.4, 0.5) is 0 Å². The molecular formula is C23H26Cl3N3OS. The number of amides is 1. The fourth-order valence-electron chi connectivity index (χ4n) is 3.70. The molecule has 0 aliphatic carbocycles. The summed E-state index contributed by atoms with van der Waals surface area (Å²) in [6.45, 7) is 1.70. The van der Waals surface area contributed by atoms with E-state index in [-0.39, 0.29) is 5.91 Å². The first-order valence-electron chi connectivity index (χ1n) is 10.4. The fourth-order valence-corrected chi connectivity index (χ4v) is 4.33. The van der Waals surface area contributed by atoms with E-state index in [1.165, 1.54) is 12.8 Å². The van der Waals surface area contributed by atoms with Crippen LogP contribution in [0.15, 0.2) is 60.7 Å². The van der Waals surface area contributed by atoms with E-state index in [0.717, 1.165) is 37.1 Å². The number of nitrogens with one attached hydrogen (secondary N) is 2. The molecule has 1 heterocycles. The predicted octanol–water partition coefficient (Wildman–Crippen LogP) is 5.38. The lowest BCUT2D eigenvalue weighted by Crippen LogP contribution is -2.58.